The van der Waals surface area contributed by atoms with Crippen LogP contribution in [0.15, 0.2) is 18.2 Å². The minimum atomic E-state index is -0.978. The van der Waals surface area contributed by atoms with E-state index in [4.69, 9.17) is 14.6 Å². The molecule has 1 N–H and O–H groups in total. The third-order valence-corrected chi connectivity index (χ3v) is 3.43. The summed E-state index contributed by atoms with van der Waals surface area (Å²) in [5, 5.41) is 9.69. The molecule has 20 heavy (non-hydrogen) atoms. The Morgan fingerprint density at radius 3 is 2.55 bits per heavy atom. The van der Waals surface area contributed by atoms with E-state index >= 15 is 0 Å². The van der Waals surface area contributed by atoms with Crippen LogP contribution in [0.1, 0.15) is 11.3 Å². The van der Waals surface area contributed by atoms with Crippen molar-refractivity contribution in [2.24, 2.45) is 7.05 Å². The number of hydrogen-bond acceptors (Lipinski definition) is 3. The van der Waals surface area contributed by atoms with Gasteiger partial charge in [-0.15, -0.1) is 0 Å². The summed E-state index contributed by atoms with van der Waals surface area (Å²) in [5.74, 6) is 0.380. The number of hydrogen-bond donors (Lipinski definition) is 1. The van der Waals surface area contributed by atoms with Gasteiger partial charge in [0.05, 0.1) is 19.7 Å². The molecule has 0 spiro atoms. The summed E-state index contributed by atoms with van der Waals surface area (Å²) < 4.78 is 12.7. The Hall–Kier alpha value is -2.43. The molecule has 0 atom stereocenters. The topological polar surface area (TPSA) is 60.7 Å². The molecular weight excluding hydrogens is 258 g/mol. The van der Waals surface area contributed by atoms with Crippen LogP contribution in [-0.2, 0) is 11.8 Å². The Morgan fingerprint density at radius 2 is 2.00 bits per heavy atom. The molecule has 1 aromatic carbocycles. The Kier molecular flexibility index (Phi) is 3.70. The minimum Gasteiger partial charge on any atom is -0.497 e. The highest BCUT2D eigenvalue weighted by Crippen LogP contribution is 2.37. The predicted octanol–water partition coefficient (Wildman–Crippen LogP) is 2.60. The van der Waals surface area contributed by atoms with E-state index in [0.29, 0.717) is 11.5 Å². The fourth-order valence-electron chi connectivity index (χ4n) is 2.29. The van der Waals surface area contributed by atoms with Crippen molar-refractivity contribution in [2.75, 3.05) is 14.2 Å². The third-order valence-electron chi connectivity index (χ3n) is 3.43. The summed E-state index contributed by atoms with van der Waals surface area (Å²) in [4.78, 5) is 10.7. The molecule has 5 heteroatoms. The van der Waals surface area contributed by atoms with Gasteiger partial charge >= 0.3 is 5.97 Å². The molecule has 106 valence electrons. The Bertz CT molecular complexity index is 698. The van der Waals surface area contributed by atoms with Gasteiger partial charge in [-0.2, -0.15) is 0 Å². The van der Waals surface area contributed by atoms with Crippen molar-refractivity contribution in [3.05, 3.63) is 29.5 Å². The normalized spacial score (nSPS) is 11.2. The molecule has 0 aliphatic heterocycles. The quantitative estimate of drug-likeness (QED) is 0.871. The van der Waals surface area contributed by atoms with Gasteiger partial charge in [0.15, 0.2) is 0 Å². The maximum absolute atomic E-state index is 10.7. The van der Waals surface area contributed by atoms with Crippen LogP contribution in [0.2, 0.25) is 0 Å². The van der Waals surface area contributed by atoms with E-state index in [-0.39, 0.29) is 0 Å². The molecule has 0 amide bonds. The first kappa shape index (κ1) is 14.0. The SMILES string of the molecule is COc1cc(OC)c2c(/C=C/C(=O)O)c(C)n(C)c2c1. The first-order chi connectivity index (χ1) is 9.49. The lowest BCUT2D eigenvalue weighted by Gasteiger charge is -2.07. The van der Waals surface area contributed by atoms with Gasteiger partial charge in [0.25, 0.3) is 0 Å². The second kappa shape index (κ2) is 5.28. The smallest absolute Gasteiger partial charge is 0.328 e. The van der Waals surface area contributed by atoms with Crippen molar-refractivity contribution in [2.45, 2.75) is 6.92 Å². The van der Waals surface area contributed by atoms with Crippen molar-refractivity contribution >= 4 is 22.9 Å². The number of carbonyl (C=O) groups is 1. The maximum Gasteiger partial charge on any atom is 0.328 e. The number of aliphatic carboxylic acids is 1. The van der Waals surface area contributed by atoms with E-state index in [9.17, 15) is 4.79 Å². The van der Waals surface area contributed by atoms with Crippen molar-refractivity contribution in [3.63, 3.8) is 0 Å². The van der Waals surface area contributed by atoms with E-state index < -0.39 is 5.97 Å². The van der Waals surface area contributed by atoms with Crippen LogP contribution in [0.4, 0.5) is 0 Å². The summed E-state index contributed by atoms with van der Waals surface area (Å²) in [6, 6.07) is 3.70. The van der Waals surface area contributed by atoms with Gasteiger partial charge < -0.3 is 19.1 Å². The van der Waals surface area contributed by atoms with E-state index in [0.717, 1.165) is 28.2 Å². The number of fused-ring (bicyclic) bond motifs is 1. The van der Waals surface area contributed by atoms with Crippen LogP contribution in [0.3, 0.4) is 0 Å². The van der Waals surface area contributed by atoms with Gasteiger partial charge in [-0.1, -0.05) is 0 Å². The second-order valence-electron chi connectivity index (χ2n) is 4.45. The average Bonchev–Trinajstić information content (AvgIpc) is 2.68. The summed E-state index contributed by atoms with van der Waals surface area (Å²) in [6.45, 7) is 1.94. The zero-order valence-corrected chi connectivity index (χ0v) is 11.9. The van der Waals surface area contributed by atoms with Crippen molar-refractivity contribution in [1.82, 2.24) is 4.57 Å². The molecule has 1 heterocycles. The third kappa shape index (κ3) is 2.22. The monoisotopic (exact) mass is 275 g/mol. The highest BCUT2D eigenvalue weighted by molar-refractivity contribution is 5.99. The van der Waals surface area contributed by atoms with Crippen molar-refractivity contribution < 1.29 is 19.4 Å². The van der Waals surface area contributed by atoms with Crippen molar-refractivity contribution in [3.8, 4) is 11.5 Å². The maximum atomic E-state index is 10.7. The molecule has 0 aliphatic rings. The van der Waals surface area contributed by atoms with E-state index in [1.165, 1.54) is 0 Å². The molecule has 0 saturated carbocycles. The van der Waals surface area contributed by atoms with E-state index in [1.54, 1.807) is 26.4 Å². The summed E-state index contributed by atoms with van der Waals surface area (Å²) in [5.41, 5.74) is 2.73. The van der Waals surface area contributed by atoms with Gasteiger partial charge in [0.2, 0.25) is 0 Å². The highest BCUT2D eigenvalue weighted by Gasteiger charge is 2.16. The summed E-state index contributed by atoms with van der Waals surface area (Å²) in [6.07, 6.45) is 2.72. The Balaban J connectivity index is 2.81. The first-order valence-corrected chi connectivity index (χ1v) is 6.11. The number of aromatic nitrogens is 1. The summed E-state index contributed by atoms with van der Waals surface area (Å²) in [7, 11) is 5.11. The zero-order chi connectivity index (χ0) is 14.9. The second-order valence-corrected chi connectivity index (χ2v) is 4.45. The number of methoxy groups -OCH3 is 2. The van der Waals surface area contributed by atoms with E-state index in [2.05, 4.69) is 0 Å². The van der Waals surface area contributed by atoms with E-state index in [1.807, 2.05) is 24.6 Å². The molecule has 0 bridgehead atoms. The molecule has 0 unspecified atom stereocenters. The fraction of sp³-hybridized carbons (Fsp3) is 0.267. The molecule has 0 radical (unpaired) electrons. The molecular formula is C15H17NO4. The van der Waals surface area contributed by atoms with Gasteiger partial charge in [-0.25, -0.2) is 4.79 Å². The number of aryl methyl sites for hydroxylation is 1. The van der Waals surface area contributed by atoms with Gasteiger partial charge in [0.1, 0.15) is 11.5 Å². The van der Waals surface area contributed by atoms with Crippen LogP contribution >= 0.6 is 0 Å². The lowest BCUT2D eigenvalue weighted by atomic mass is 10.1. The van der Waals surface area contributed by atoms with Gasteiger partial charge in [-0.3, -0.25) is 0 Å². The summed E-state index contributed by atoms with van der Waals surface area (Å²) >= 11 is 0. The fourth-order valence-corrected chi connectivity index (χ4v) is 2.29. The zero-order valence-electron chi connectivity index (χ0n) is 11.9. The number of benzene rings is 1. The lowest BCUT2D eigenvalue weighted by molar-refractivity contribution is -0.131. The van der Waals surface area contributed by atoms with Crippen LogP contribution < -0.4 is 9.47 Å². The highest BCUT2D eigenvalue weighted by atomic mass is 16.5. The standard InChI is InChI=1S/C15H17NO4/c1-9-11(5-6-14(17)18)15-12(16(9)2)7-10(19-3)8-13(15)20-4/h5-8H,1-4H3,(H,17,18)/b6-5+. The lowest BCUT2D eigenvalue weighted by Crippen LogP contribution is -1.92. The Morgan fingerprint density at radius 1 is 1.30 bits per heavy atom. The number of ether oxygens (including phenoxy) is 2. The molecule has 5 nitrogen and oxygen atoms in total. The van der Waals surface area contributed by atoms with Crippen molar-refractivity contribution in [1.29, 1.82) is 0 Å². The van der Waals surface area contributed by atoms with Crippen LogP contribution in [0, 0.1) is 6.92 Å². The Labute approximate surface area is 117 Å². The van der Waals surface area contributed by atoms with Gasteiger partial charge in [-0.05, 0) is 13.0 Å². The minimum absolute atomic E-state index is 0.660. The molecule has 0 aliphatic carbocycles. The van der Waals surface area contributed by atoms with Crippen LogP contribution in [-0.4, -0.2) is 29.9 Å². The number of rotatable bonds is 4. The number of nitrogens with zero attached hydrogens (tertiary/aromatic N) is 1. The number of carboxylic acids is 1. The van der Waals surface area contributed by atoms with Crippen LogP contribution in [0.25, 0.3) is 17.0 Å². The molecule has 2 rings (SSSR count). The van der Waals surface area contributed by atoms with Crippen LogP contribution in [0.5, 0.6) is 11.5 Å². The first-order valence-electron chi connectivity index (χ1n) is 6.11. The molecule has 0 fully saturated rings. The van der Waals surface area contributed by atoms with Gasteiger partial charge in [0, 0.05) is 41.9 Å². The molecule has 1 aromatic heterocycles. The molecule has 2 aromatic rings. The number of carboxylic acid groups (broad SMARTS) is 1. The predicted molar refractivity (Wildman–Crippen MR) is 77.4 cm³/mol. The average molecular weight is 275 g/mol. The largest absolute Gasteiger partial charge is 0.497 e. The molecule has 0 saturated heterocycles.